The summed E-state index contributed by atoms with van der Waals surface area (Å²) in [6.45, 7) is 7.93. The molecule has 28 heavy (non-hydrogen) atoms. The highest BCUT2D eigenvalue weighted by Gasteiger charge is 2.40. The Morgan fingerprint density at radius 2 is 1.79 bits per heavy atom. The SMILES string of the molecule is CC[N+]1(CCOc2ccc(Cc3ccccc3)cc2)CCC(C(=O)O)CC1C. The number of ether oxygens (including phenoxy) is 1. The minimum atomic E-state index is -0.646. The number of piperidine rings is 1. The highest BCUT2D eigenvalue weighted by Crippen LogP contribution is 2.30. The molecule has 1 heterocycles. The van der Waals surface area contributed by atoms with Gasteiger partial charge >= 0.3 is 5.97 Å². The quantitative estimate of drug-likeness (QED) is 0.690. The summed E-state index contributed by atoms with van der Waals surface area (Å²) in [6.07, 6.45) is 2.46. The van der Waals surface area contributed by atoms with Gasteiger partial charge in [-0.25, -0.2) is 0 Å². The van der Waals surface area contributed by atoms with Crippen LogP contribution in [-0.4, -0.2) is 47.8 Å². The van der Waals surface area contributed by atoms with Crippen molar-refractivity contribution in [3.05, 3.63) is 65.7 Å². The summed E-state index contributed by atoms with van der Waals surface area (Å²) in [5, 5.41) is 9.31. The number of aliphatic carboxylic acids is 1. The number of likely N-dealkylation sites (N-methyl/N-ethyl adjacent to an activating group) is 1. The number of nitrogens with zero attached hydrogens (tertiary/aromatic N) is 1. The molecule has 2 aromatic rings. The molecule has 0 saturated carbocycles. The summed E-state index contributed by atoms with van der Waals surface area (Å²) in [4.78, 5) is 11.3. The summed E-state index contributed by atoms with van der Waals surface area (Å²) < 4.78 is 6.99. The molecule has 1 aliphatic heterocycles. The number of benzene rings is 2. The Balaban J connectivity index is 1.52. The van der Waals surface area contributed by atoms with Crippen molar-refractivity contribution in [2.24, 2.45) is 5.92 Å². The van der Waals surface area contributed by atoms with Crippen LogP contribution in [-0.2, 0) is 11.2 Å². The smallest absolute Gasteiger partial charge is 0.306 e. The van der Waals surface area contributed by atoms with Gasteiger partial charge in [0.2, 0.25) is 0 Å². The zero-order valence-electron chi connectivity index (χ0n) is 17.0. The second-order valence-corrected chi connectivity index (χ2v) is 8.05. The van der Waals surface area contributed by atoms with E-state index >= 15 is 0 Å². The Kier molecular flexibility index (Phi) is 6.74. The molecule has 150 valence electrons. The average Bonchev–Trinajstić information content (AvgIpc) is 2.71. The molecule has 4 heteroatoms. The van der Waals surface area contributed by atoms with Crippen molar-refractivity contribution in [3.8, 4) is 5.75 Å². The first-order valence-corrected chi connectivity index (χ1v) is 10.4. The van der Waals surface area contributed by atoms with E-state index in [1.54, 1.807) is 0 Å². The van der Waals surface area contributed by atoms with E-state index in [4.69, 9.17) is 4.74 Å². The van der Waals surface area contributed by atoms with Gasteiger partial charge in [-0.3, -0.25) is 4.79 Å². The minimum absolute atomic E-state index is 0.189. The minimum Gasteiger partial charge on any atom is -0.488 e. The van der Waals surface area contributed by atoms with Gasteiger partial charge in [0.1, 0.15) is 18.9 Å². The zero-order valence-corrected chi connectivity index (χ0v) is 17.0. The number of carboxylic acid groups (broad SMARTS) is 1. The molecule has 0 amide bonds. The molecule has 3 atom stereocenters. The van der Waals surface area contributed by atoms with E-state index in [-0.39, 0.29) is 5.92 Å². The zero-order chi connectivity index (χ0) is 20.0. The van der Waals surface area contributed by atoms with Gasteiger partial charge in [0, 0.05) is 12.8 Å². The maximum atomic E-state index is 11.3. The predicted molar refractivity (Wildman–Crippen MR) is 112 cm³/mol. The van der Waals surface area contributed by atoms with E-state index in [2.05, 4.69) is 62.4 Å². The first-order chi connectivity index (χ1) is 13.5. The molecule has 3 rings (SSSR count). The molecule has 3 unspecified atom stereocenters. The van der Waals surface area contributed by atoms with E-state index in [0.29, 0.717) is 12.6 Å². The Bertz CT molecular complexity index is 759. The fourth-order valence-electron chi connectivity index (χ4n) is 4.45. The van der Waals surface area contributed by atoms with Crippen LogP contribution in [0.2, 0.25) is 0 Å². The molecule has 0 aliphatic carbocycles. The maximum absolute atomic E-state index is 11.3. The number of carboxylic acids is 1. The van der Waals surface area contributed by atoms with Crippen LogP contribution in [0, 0.1) is 5.92 Å². The molecule has 1 fully saturated rings. The van der Waals surface area contributed by atoms with Crippen molar-refractivity contribution in [2.45, 2.75) is 39.2 Å². The number of rotatable bonds is 8. The van der Waals surface area contributed by atoms with E-state index in [1.165, 1.54) is 11.1 Å². The lowest BCUT2D eigenvalue weighted by atomic mass is 9.89. The monoisotopic (exact) mass is 382 g/mol. The first-order valence-electron chi connectivity index (χ1n) is 10.4. The lowest BCUT2D eigenvalue weighted by Crippen LogP contribution is -2.60. The topological polar surface area (TPSA) is 46.5 Å². The molecule has 1 aliphatic rings. The fourth-order valence-corrected chi connectivity index (χ4v) is 4.45. The van der Waals surface area contributed by atoms with Crippen molar-refractivity contribution in [2.75, 3.05) is 26.2 Å². The van der Waals surface area contributed by atoms with Crippen molar-refractivity contribution in [1.29, 1.82) is 0 Å². The third-order valence-corrected chi connectivity index (χ3v) is 6.44. The maximum Gasteiger partial charge on any atom is 0.306 e. The number of carbonyl (C=O) groups is 1. The van der Waals surface area contributed by atoms with E-state index in [0.717, 1.165) is 49.1 Å². The first kappa shape index (κ1) is 20.4. The van der Waals surface area contributed by atoms with Crippen LogP contribution in [0.25, 0.3) is 0 Å². The summed E-state index contributed by atoms with van der Waals surface area (Å²) in [7, 11) is 0. The average molecular weight is 383 g/mol. The second-order valence-electron chi connectivity index (χ2n) is 8.05. The van der Waals surface area contributed by atoms with Crippen LogP contribution >= 0.6 is 0 Å². The Labute approximate surface area is 168 Å². The Hall–Kier alpha value is -2.33. The molecule has 2 aromatic carbocycles. The molecule has 0 bridgehead atoms. The molecule has 1 N–H and O–H groups in total. The van der Waals surface area contributed by atoms with Crippen LogP contribution in [0.15, 0.2) is 54.6 Å². The number of likely N-dealkylation sites (tertiary alicyclic amines) is 1. The van der Waals surface area contributed by atoms with Crippen LogP contribution in [0.4, 0.5) is 0 Å². The number of quaternary nitrogens is 1. The summed E-state index contributed by atoms with van der Waals surface area (Å²) >= 11 is 0. The standard InChI is InChI=1S/C24H31NO3/c1-3-25(14-13-22(24(26)27)17-19(25)2)15-16-28-23-11-9-21(10-12-23)18-20-7-5-4-6-8-20/h4-12,19,22H,3,13-18H2,1-2H3/p+1. The molecule has 0 aromatic heterocycles. The Morgan fingerprint density at radius 1 is 1.11 bits per heavy atom. The van der Waals surface area contributed by atoms with Gasteiger partial charge in [-0.15, -0.1) is 0 Å². The molecular formula is C24H32NO3+. The van der Waals surface area contributed by atoms with Crippen molar-refractivity contribution in [3.63, 3.8) is 0 Å². The fraction of sp³-hybridized carbons (Fsp3) is 0.458. The normalized spacial score (nSPS) is 24.6. The second kappa shape index (κ2) is 9.24. The summed E-state index contributed by atoms with van der Waals surface area (Å²) in [5.41, 5.74) is 2.59. The van der Waals surface area contributed by atoms with Crippen LogP contribution in [0.3, 0.4) is 0 Å². The van der Waals surface area contributed by atoms with Gasteiger partial charge in [-0.1, -0.05) is 42.5 Å². The molecule has 4 nitrogen and oxygen atoms in total. The highest BCUT2D eigenvalue weighted by molar-refractivity contribution is 5.70. The van der Waals surface area contributed by atoms with Crippen molar-refractivity contribution >= 4 is 5.97 Å². The van der Waals surface area contributed by atoms with E-state index in [9.17, 15) is 9.90 Å². The lowest BCUT2D eigenvalue weighted by Gasteiger charge is -2.47. The van der Waals surface area contributed by atoms with Gasteiger partial charge in [-0.05, 0) is 43.5 Å². The highest BCUT2D eigenvalue weighted by atomic mass is 16.5. The largest absolute Gasteiger partial charge is 0.488 e. The molecule has 0 spiro atoms. The van der Waals surface area contributed by atoms with E-state index in [1.807, 2.05) is 6.07 Å². The van der Waals surface area contributed by atoms with Gasteiger partial charge in [0.15, 0.2) is 0 Å². The Morgan fingerprint density at radius 3 is 2.39 bits per heavy atom. The van der Waals surface area contributed by atoms with Gasteiger partial charge in [-0.2, -0.15) is 0 Å². The third kappa shape index (κ3) is 4.93. The van der Waals surface area contributed by atoms with Gasteiger partial charge < -0.3 is 14.3 Å². The van der Waals surface area contributed by atoms with Crippen molar-refractivity contribution < 1.29 is 19.1 Å². The predicted octanol–water partition coefficient (Wildman–Crippen LogP) is 4.38. The summed E-state index contributed by atoms with van der Waals surface area (Å²) in [6, 6.07) is 19.2. The van der Waals surface area contributed by atoms with Crippen LogP contribution < -0.4 is 4.74 Å². The lowest BCUT2D eigenvalue weighted by molar-refractivity contribution is -0.953. The summed E-state index contributed by atoms with van der Waals surface area (Å²) in [5.74, 6) is 0.0672. The molecular weight excluding hydrogens is 350 g/mol. The number of hydrogen-bond donors (Lipinski definition) is 1. The number of hydrogen-bond acceptors (Lipinski definition) is 2. The van der Waals surface area contributed by atoms with E-state index < -0.39 is 5.97 Å². The van der Waals surface area contributed by atoms with Gasteiger partial charge in [0.05, 0.1) is 25.0 Å². The molecule has 1 saturated heterocycles. The van der Waals surface area contributed by atoms with Crippen molar-refractivity contribution in [1.82, 2.24) is 0 Å². The molecule has 0 radical (unpaired) electrons. The van der Waals surface area contributed by atoms with Crippen LogP contribution in [0.1, 0.15) is 37.8 Å². The third-order valence-electron chi connectivity index (χ3n) is 6.44. The van der Waals surface area contributed by atoms with Gasteiger partial charge in [0.25, 0.3) is 0 Å². The van der Waals surface area contributed by atoms with Crippen LogP contribution in [0.5, 0.6) is 5.75 Å².